The van der Waals surface area contributed by atoms with E-state index in [9.17, 15) is 4.79 Å². The molecule has 0 amide bonds. The van der Waals surface area contributed by atoms with Crippen LogP contribution in [0.25, 0.3) is 76.7 Å². The van der Waals surface area contributed by atoms with Gasteiger partial charge in [0.05, 0.1) is 27.5 Å². The van der Waals surface area contributed by atoms with Crippen LogP contribution in [0.2, 0.25) is 0 Å². The zero-order valence-electron chi connectivity index (χ0n) is 21.9. The third kappa shape index (κ3) is 3.02. The van der Waals surface area contributed by atoms with Crippen molar-refractivity contribution in [3.05, 3.63) is 144 Å². The van der Waals surface area contributed by atoms with Gasteiger partial charge in [-0.2, -0.15) is 0 Å². The summed E-state index contributed by atoms with van der Waals surface area (Å²) >= 11 is 0. The fraction of sp³-hybridized carbons (Fsp3) is 0. The van der Waals surface area contributed by atoms with Crippen molar-refractivity contribution in [3.8, 4) is 11.4 Å². The third-order valence-corrected chi connectivity index (χ3v) is 8.34. The molecule has 0 N–H and O–H groups in total. The van der Waals surface area contributed by atoms with Crippen molar-refractivity contribution in [2.75, 3.05) is 0 Å². The summed E-state index contributed by atoms with van der Waals surface area (Å²) in [6.45, 7) is 0. The van der Waals surface area contributed by atoms with Gasteiger partial charge in [-0.3, -0.25) is 0 Å². The van der Waals surface area contributed by atoms with E-state index < -0.39 is 0 Å². The molecule has 0 aliphatic rings. The number of benzene rings is 6. The van der Waals surface area contributed by atoms with Gasteiger partial charge in [0.2, 0.25) is 0 Å². The minimum absolute atomic E-state index is 0.334. The molecular formula is C37H22N2O2. The van der Waals surface area contributed by atoms with Crippen LogP contribution < -0.4 is 5.63 Å². The van der Waals surface area contributed by atoms with E-state index in [2.05, 4.69) is 88.0 Å². The van der Waals surface area contributed by atoms with Crippen LogP contribution in [0, 0.1) is 0 Å². The lowest BCUT2D eigenvalue weighted by Gasteiger charge is -2.11. The number of rotatable bonds is 2. The number of fused-ring (bicyclic) bond motifs is 10. The maximum atomic E-state index is 13.9. The van der Waals surface area contributed by atoms with Crippen LogP contribution in [-0.2, 0) is 0 Å². The molecule has 3 heterocycles. The highest BCUT2D eigenvalue weighted by molar-refractivity contribution is 6.24. The van der Waals surface area contributed by atoms with E-state index in [-0.39, 0.29) is 5.63 Å². The van der Waals surface area contributed by atoms with Gasteiger partial charge in [0.15, 0.2) is 0 Å². The van der Waals surface area contributed by atoms with Crippen molar-refractivity contribution < 1.29 is 4.42 Å². The number of aromatic nitrogens is 2. The zero-order chi connectivity index (χ0) is 27.1. The molecule has 6 aromatic carbocycles. The van der Waals surface area contributed by atoms with Crippen molar-refractivity contribution in [2.45, 2.75) is 0 Å². The first-order valence-corrected chi connectivity index (χ1v) is 13.7. The molecule has 0 bridgehead atoms. The van der Waals surface area contributed by atoms with Gasteiger partial charge in [-0.05, 0) is 42.5 Å². The molecule has 41 heavy (non-hydrogen) atoms. The summed E-state index contributed by atoms with van der Waals surface area (Å²) in [7, 11) is 0. The Bertz CT molecular complexity index is 2540. The Morgan fingerprint density at radius 1 is 0.439 bits per heavy atom. The van der Waals surface area contributed by atoms with E-state index >= 15 is 0 Å². The van der Waals surface area contributed by atoms with E-state index in [0.29, 0.717) is 11.0 Å². The lowest BCUT2D eigenvalue weighted by atomic mass is 10.0. The molecule has 0 spiro atoms. The molecule has 4 nitrogen and oxygen atoms in total. The van der Waals surface area contributed by atoms with Crippen molar-refractivity contribution in [1.29, 1.82) is 0 Å². The molecule has 0 atom stereocenters. The molecule has 0 fully saturated rings. The van der Waals surface area contributed by atoms with Crippen LogP contribution in [-0.4, -0.2) is 9.13 Å². The number of hydrogen-bond donors (Lipinski definition) is 0. The summed E-state index contributed by atoms with van der Waals surface area (Å²) in [6, 6.07) is 45.7. The third-order valence-electron chi connectivity index (χ3n) is 8.34. The summed E-state index contributed by atoms with van der Waals surface area (Å²) in [5, 5.41) is 6.83. The van der Waals surface area contributed by atoms with E-state index in [4.69, 9.17) is 4.42 Å². The summed E-state index contributed by atoms with van der Waals surface area (Å²) in [5.74, 6) is 0. The summed E-state index contributed by atoms with van der Waals surface area (Å²) < 4.78 is 10.6. The van der Waals surface area contributed by atoms with E-state index in [1.807, 2.05) is 54.6 Å². The molecule has 0 aliphatic carbocycles. The number of nitrogens with zero attached hydrogens (tertiary/aromatic N) is 2. The molecule has 0 radical (unpaired) electrons. The molecule has 0 aliphatic heterocycles. The second-order valence-corrected chi connectivity index (χ2v) is 10.5. The minimum atomic E-state index is -0.334. The lowest BCUT2D eigenvalue weighted by molar-refractivity contribution is 0.570. The Balaban J connectivity index is 1.47. The highest BCUT2D eigenvalue weighted by Crippen LogP contribution is 2.40. The van der Waals surface area contributed by atoms with Gasteiger partial charge in [0.25, 0.3) is 0 Å². The average molecular weight is 527 g/mol. The van der Waals surface area contributed by atoms with Gasteiger partial charge >= 0.3 is 5.63 Å². The van der Waals surface area contributed by atoms with Crippen LogP contribution in [0.1, 0.15) is 0 Å². The van der Waals surface area contributed by atoms with Gasteiger partial charge in [0, 0.05) is 49.8 Å². The summed E-state index contributed by atoms with van der Waals surface area (Å²) in [5.41, 5.74) is 6.37. The standard InChI is InChI=1S/C37H22N2O2/c40-37-35-27(19-20-28-25-15-7-10-18-32(25)39(36(28)35)24-13-5-2-6-14-24)30-21-29-26-16-8-9-17-31(26)38(23-11-3-1-4-12-23)33(29)22-34(30)41-37/h1-22H. The van der Waals surface area contributed by atoms with Crippen LogP contribution in [0.15, 0.2) is 143 Å². The smallest absolute Gasteiger partial charge is 0.346 e. The van der Waals surface area contributed by atoms with Crippen LogP contribution >= 0.6 is 0 Å². The first-order chi connectivity index (χ1) is 20.3. The first kappa shape index (κ1) is 22.2. The predicted molar refractivity (Wildman–Crippen MR) is 169 cm³/mol. The van der Waals surface area contributed by atoms with Gasteiger partial charge in [-0.25, -0.2) is 4.79 Å². The van der Waals surface area contributed by atoms with E-state index in [1.54, 1.807) is 0 Å². The van der Waals surface area contributed by atoms with Gasteiger partial charge < -0.3 is 13.6 Å². The van der Waals surface area contributed by atoms with E-state index in [1.165, 1.54) is 0 Å². The highest BCUT2D eigenvalue weighted by atomic mass is 16.4. The molecule has 4 heteroatoms. The zero-order valence-corrected chi connectivity index (χ0v) is 21.9. The Kier molecular flexibility index (Phi) is 4.44. The fourth-order valence-corrected chi connectivity index (χ4v) is 6.63. The first-order valence-electron chi connectivity index (χ1n) is 13.7. The second kappa shape index (κ2) is 8.20. The van der Waals surface area contributed by atoms with Gasteiger partial charge in [-0.15, -0.1) is 0 Å². The topological polar surface area (TPSA) is 40.1 Å². The van der Waals surface area contributed by atoms with Crippen LogP contribution in [0.5, 0.6) is 0 Å². The minimum Gasteiger partial charge on any atom is -0.422 e. The Morgan fingerprint density at radius 3 is 1.71 bits per heavy atom. The monoisotopic (exact) mass is 526 g/mol. The van der Waals surface area contributed by atoms with Crippen LogP contribution in [0.3, 0.4) is 0 Å². The Morgan fingerprint density at radius 2 is 1.00 bits per heavy atom. The van der Waals surface area contributed by atoms with Crippen molar-refractivity contribution >= 4 is 65.4 Å². The lowest BCUT2D eigenvalue weighted by Crippen LogP contribution is -2.04. The maximum Gasteiger partial charge on any atom is 0.346 e. The molecule has 9 aromatic rings. The molecule has 0 saturated heterocycles. The average Bonchev–Trinajstić information content (AvgIpc) is 3.53. The molecular weight excluding hydrogens is 504 g/mol. The van der Waals surface area contributed by atoms with Gasteiger partial charge in [0.1, 0.15) is 5.58 Å². The predicted octanol–water partition coefficient (Wildman–Crippen LogP) is 9.14. The molecule has 0 saturated carbocycles. The molecule has 0 unspecified atom stereocenters. The van der Waals surface area contributed by atoms with Crippen LogP contribution in [0.4, 0.5) is 0 Å². The maximum absolute atomic E-state index is 13.9. The SMILES string of the molecule is O=c1oc2cc3c(cc2c2ccc4c5ccccc5n(-c5ccccc5)c4c12)c1ccccc1n3-c1ccccc1. The Hall–Kier alpha value is -5.61. The molecule has 192 valence electrons. The summed E-state index contributed by atoms with van der Waals surface area (Å²) in [4.78, 5) is 13.9. The van der Waals surface area contributed by atoms with Gasteiger partial charge in [-0.1, -0.05) is 84.9 Å². The largest absolute Gasteiger partial charge is 0.422 e. The molecule has 3 aromatic heterocycles. The van der Waals surface area contributed by atoms with E-state index in [0.717, 1.165) is 65.8 Å². The van der Waals surface area contributed by atoms with Crippen molar-refractivity contribution in [2.24, 2.45) is 0 Å². The Labute approximate surface area is 233 Å². The number of hydrogen-bond acceptors (Lipinski definition) is 2. The fourth-order valence-electron chi connectivity index (χ4n) is 6.63. The normalized spacial score (nSPS) is 12.0. The highest BCUT2D eigenvalue weighted by Gasteiger charge is 2.21. The quantitative estimate of drug-likeness (QED) is 0.166. The van der Waals surface area contributed by atoms with Crippen molar-refractivity contribution in [3.63, 3.8) is 0 Å². The van der Waals surface area contributed by atoms with Crippen molar-refractivity contribution in [1.82, 2.24) is 9.13 Å². The second-order valence-electron chi connectivity index (χ2n) is 10.5. The molecule has 9 rings (SSSR count). The summed E-state index contributed by atoms with van der Waals surface area (Å²) in [6.07, 6.45) is 0. The number of para-hydroxylation sites is 4.